The zero-order chi connectivity index (χ0) is 41.6. The van der Waals surface area contributed by atoms with E-state index >= 15 is 0 Å². The number of carbonyl (C=O) groups excluding carboxylic acids is 2. The number of hydrogen-bond acceptors (Lipinski definition) is 8. The van der Waals surface area contributed by atoms with Gasteiger partial charge in [0, 0.05) is 23.5 Å². The van der Waals surface area contributed by atoms with E-state index in [1.807, 2.05) is 48.5 Å². The summed E-state index contributed by atoms with van der Waals surface area (Å²) in [5.74, 6) is -15.1. The van der Waals surface area contributed by atoms with E-state index in [-0.39, 0.29) is 36.8 Å². The van der Waals surface area contributed by atoms with Crippen LogP contribution in [0, 0.1) is 34.5 Å². The molecule has 2 aliphatic carbocycles. The summed E-state index contributed by atoms with van der Waals surface area (Å²) in [6.45, 7) is 8.36. The molecule has 1 heterocycles. The highest BCUT2D eigenvalue weighted by Crippen LogP contribution is 2.53. The number of aliphatic imine (C=N–C) groups is 1. The van der Waals surface area contributed by atoms with Crippen molar-refractivity contribution in [1.29, 1.82) is 0 Å². The fourth-order valence-electron chi connectivity index (χ4n) is 7.42. The summed E-state index contributed by atoms with van der Waals surface area (Å²) in [5, 5.41) is 2.24. The summed E-state index contributed by atoms with van der Waals surface area (Å²) < 4.78 is 116. The largest absolute Gasteiger partial charge is 0.466 e. The van der Waals surface area contributed by atoms with E-state index in [2.05, 4.69) is 19.8 Å². The van der Waals surface area contributed by atoms with E-state index in [1.165, 1.54) is 0 Å². The van der Waals surface area contributed by atoms with Crippen molar-refractivity contribution in [2.45, 2.75) is 65.8 Å². The number of guanidine groups is 1. The number of halogens is 5. The quantitative estimate of drug-likeness (QED) is 0.0263. The fourth-order valence-corrected chi connectivity index (χ4v) is 9.20. The van der Waals surface area contributed by atoms with Gasteiger partial charge in [-0.3, -0.25) is 4.99 Å². The number of ether oxygens (including phenoxy) is 3. The highest BCUT2D eigenvalue weighted by Gasteiger charge is 2.46. The molecule has 302 valence electrons. The first-order valence-electron chi connectivity index (χ1n) is 17.8. The zero-order valence-corrected chi connectivity index (χ0v) is 32.3. The van der Waals surface area contributed by atoms with Crippen molar-refractivity contribution in [3.8, 4) is 16.9 Å². The second kappa shape index (κ2) is 15.7. The summed E-state index contributed by atoms with van der Waals surface area (Å²) in [6, 6.07) is 13.2. The molecule has 1 atom stereocenters. The van der Waals surface area contributed by atoms with Gasteiger partial charge >= 0.3 is 12.1 Å². The number of sulfonamides is 1. The number of benzene rings is 3. The Balaban J connectivity index is 1.17. The fraction of sp³-hybridized carbons (Fsp3) is 0.325. The molecule has 0 fully saturated rings. The van der Waals surface area contributed by atoms with E-state index < -0.39 is 74.3 Å². The highest BCUT2D eigenvalue weighted by molar-refractivity contribution is 7.94. The van der Waals surface area contributed by atoms with E-state index in [0.29, 0.717) is 29.1 Å². The third-order valence-corrected chi connectivity index (χ3v) is 11.9. The summed E-state index contributed by atoms with van der Waals surface area (Å²) >= 11 is 0. The number of hydrogen-bond donors (Lipinski definition) is 3. The Kier molecular flexibility index (Phi) is 11.3. The number of nitrogens with one attached hydrogen (secondary N) is 2. The first-order valence-corrected chi connectivity index (χ1v) is 19.3. The maximum Gasteiger partial charge on any atom is 0.407 e. The number of nitrogens with two attached hydrogens (primary N) is 1. The molecule has 0 saturated carbocycles. The number of rotatable bonds is 11. The van der Waals surface area contributed by atoms with E-state index in [0.717, 1.165) is 27.8 Å². The van der Waals surface area contributed by atoms with Crippen LogP contribution in [0.3, 0.4) is 0 Å². The van der Waals surface area contributed by atoms with Crippen molar-refractivity contribution in [2.75, 3.05) is 13.2 Å². The monoisotopic (exact) mass is 814 g/mol. The molecule has 3 aromatic carbocycles. The van der Waals surface area contributed by atoms with E-state index in [4.69, 9.17) is 15.2 Å². The van der Waals surface area contributed by atoms with Crippen LogP contribution in [0.2, 0.25) is 0 Å². The second-order valence-corrected chi connectivity index (χ2v) is 16.1. The normalized spacial score (nSPS) is 16.8. The summed E-state index contributed by atoms with van der Waals surface area (Å²) in [4.78, 5) is 30.5. The van der Waals surface area contributed by atoms with Crippen molar-refractivity contribution in [3.63, 3.8) is 0 Å². The minimum atomic E-state index is -4.26. The Morgan fingerprint density at radius 2 is 1.47 bits per heavy atom. The van der Waals surface area contributed by atoms with Crippen LogP contribution in [0.4, 0.5) is 26.7 Å². The topological polar surface area (TPSA) is 158 Å². The molecule has 0 spiro atoms. The molecular formula is C40H39F5N4O7S. The maximum absolute atomic E-state index is 14.5. The van der Waals surface area contributed by atoms with Crippen LogP contribution in [0.5, 0.6) is 5.75 Å². The predicted molar refractivity (Wildman–Crippen MR) is 199 cm³/mol. The van der Waals surface area contributed by atoms with E-state index in [1.54, 1.807) is 34.6 Å². The average molecular weight is 815 g/mol. The molecule has 11 nitrogen and oxygen atoms in total. The molecule has 3 aromatic rings. The number of esters is 1. The molecule has 57 heavy (non-hydrogen) atoms. The van der Waals surface area contributed by atoms with Gasteiger partial charge in [0.1, 0.15) is 24.2 Å². The van der Waals surface area contributed by atoms with Crippen molar-refractivity contribution < 1.29 is 54.2 Å². The van der Waals surface area contributed by atoms with Gasteiger partial charge in [-0.2, -0.15) is 8.78 Å². The van der Waals surface area contributed by atoms with Crippen LogP contribution in [0.1, 0.15) is 70.9 Å². The van der Waals surface area contributed by atoms with Crippen molar-refractivity contribution in [2.24, 2.45) is 16.1 Å². The van der Waals surface area contributed by atoms with Gasteiger partial charge in [0.15, 0.2) is 0 Å². The minimum absolute atomic E-state index is 0.103. The van der Waals surface area contributed by atoms with Crippen molar-refractivity contribution >= 4 is 28.0 Å². The standard InChI is InChI=1S/C40H39F5N4O7S/c1-19-20(2)55-21(3)26-17-40(4,5)36(29(19)26)57(52,53)49-38(46)47-16-10-15-28(37(50)56-35-33(44)31(42)30(41)32(43)34(35)45)48-39(51)54-18-27-24-13-8-6-11-22(24)23-12-7-9-14-25(23)27/h6-9,11-14,27-28H,10,15-18H2,1-5H3,(H,48,51)(H3,46,47,49)/t28-/m1/s1. The van der Waals surface area contributed by atoms with Crippen LogP contribution >= 0.6 is 0 Å². The SMILES string of the molecule is CC1=C(C)C2=C(S(=O)(=O)NC(N)=NCCC[C@@H](NC(=O)OCC3c4ccccc4-c4ccccc43)C(=O)Oc3c(F)c(F)c(F)c(F)c3F)C(C)(C)CC2=C(C)O1. The smallest absolute Gasteiger partial charge is 0.407 e. The van der Waals surface area contributed by atoms with Crippen LogP contribution in [0.15, 0.2) is 86.7 Å². The Hall–Kier alpha value is -5.71. The number of alkyl carbamates (subject to hydrolysis) is 1. The molecule has 0 radical (unpaired) electrons. The minimum Gasteiger partial charge on any atom is -0.466 e. The summed E-state index contributed by atoms with van der Waals surface area (Å²) in [7, 11) is -4.26. The van der Waals surface area contributed by atoms with Crippen LogP contribution in [0.25, 0.3) is 11.1 Å². The Bertz CT molecular complexity index is 2350. The highest BCUT2D eigenvalue weighted by atomic mass is 32.2. The molecule has 0 bridgehead atoms. The number of nitrogens with zero attached hydrogens (tertiary/aromatic N) is 1. The van der Waals surface area contributed by atoms with Gasteiger partial charge in [-0.05, 0) is 73.4 Å². The zero-order valence-electron chi connectivity index (χ0n) is 31.5. The van der Waals surface area contributed by atoms with Gasteiger partial charge in [0.2, 0.25) is 40.8 Å². The van der Waals surface area contributed by atoms with Gasteiger partial charge in [0.05, 0.1) is 4.91 Å². The molecule has 1 aliphatic heterocycles. The summed E-state index contributed by atoms with van der Waals surface area (Å²) in [6.07, 6.45) is -1.28. The molecule has 3 aliphatic rings. The van der Waals surface area contributed by atoms with Crippen LogP contribution in [-0.4, -0.2) is 45.6 Å². The molecule has 6 rings (SSSR count). The lowest BCUT2D eigenvalue weighted by Gasteiger charge is -2.23. The first-order chi connectivity index (χ1) is 26.8. The number of fused-ring (bicyclic) bond motifs is 4. The third kappa shape index (κ3) is 7.84. The number of carbonyl (C=O) groups is 2. The average Bonchev–Trinajstić information content (AvgIpc) is 3.65. The lowest BCUT2D eigenvalue weighted by Crippen LogP contribution is -2.44. The second-order valence-electron chi connectivity index (χ2n) is 14.4. The number of amides is 1. The Morgan fingerprint density at radius 3 is 2.07 bits per heavy atom. The molecule has 0 unspecified atom stereocenters. The molecule has 0 aromatic heterocycles. The molecule has 17 heteroatoms. The maximum atomic E-state index is 14.5. The van der Waals surface area contributed by atoms with Crippen molar-refractivity contribution in [3.05, 3.63) is 122 Å². The Labute approximate surface area is 325 Å². The third-order valence-electron chi connectivity index (χ3n) is 10.1. The predicted octanol–water partition coefficient (Wildman–Crippen LogP) is 7.49. The van der Waals surface area contributed by atoms with Gasteiger partial charge in [-0.25, -0.2) is 35.9 Å². The molecular weight excluding hydrogens is 776 g/mol. The lowest BCUT2D eigenvalue weighted by molar-refractivity contribution is -0.137. The van der Waals surface area contributed by atoms with Gasteiger partial charge in [-0.15, -0.1) is 0 Å². The van der Waals surface area contributed by atoms with Crippen LogP contribution in [-0.2, 0) is 24.3 Å². The van der Waals surface area contributed by atoms with Gasteiger partial charge < -0.3 is 25.3 Å². The lowest BCUT2D eigenvalue weighted by atomic mass is 9.91. The summed E-state index contributed by atoms with van der Waals surface area (Å²) in [5.41, 5.74) is 10.8. The number of allylic oxidation sites excluding steroid dienone is 6. The van der Waals surface area contributed by atoms with Gasteiger partial charge in [-0.1, -0.05) is 62.4 Å². The first kappa shape index (κ1) is 40.9. The molecule has 4 N–H and O–H groups in total. The van der Waals surface area contributed by atoms with Crippen molar-refractivity contribution in [1.82, 2.24) is 10.0 Å². The van der Waals surface area contributed by atoms with Crippen LogP contribution < -0.4 is 20.5 Å². The van der Waals surface area contributed by atoms with Gasteiger partial charge in [0.25, 0.3) is 10.0 Å². The van der Waals surface area contributed by atoms with E-state index in [9.17, 15) is 40.0 Å². The molecule has 0 saturated heterocycles. The molecule has 1 amide bonds. The Morgan fingerprint density at radius 1 is 0.912 bits per heavy atom.